The maximum atomic E-state index is 8.73. The fraction of sp³-hybridized carbons (Fsp3) is 0.533. The van der Waals surface area contributed by atoms with Crippen LogP contribution in [0.25, 0.3) is 0 Å². The van der Waals surface area contributed by atoms with E-state index >= 15 is 0 Å². The van der Waals surface area contributed by atoms with Gasteiger partial charge < -0.3 is 5.73 Å². The Hall–Kier alpha value is -1.37. The van der Waals surface area contributed by atoms with Crippen LogP contribution in [0, 0.1) is 18.3 Å². The smallest absolute Gasteiger partial charge is 0.0635 e. The van der Waals surface area contributed by atoms with Crippen molar-refractivity contribution in [3.8, 4) is 6.07 Å². The van der Waals surface area contributed by atoms with Crippen molar-refractivity contribution in [3.63, 3.8) is 0 Å². The molecule has 0 aromatic heterocycles. The first kappa shape index (κ1) is 14.7. The van der Waals surface area contributed by atoms with Gasteiger partial charge in [-0.25, -0.2) is 0 Å². The highest BCUT2D eigenvalue weighted by Gasteiger charge is 2.22. The Morgan fingerprint density at radius 1 is 1.33 bits per heavy atom. The fourth-order valence-electron chi connectivity index (χ4n) is 2.30. The Balaban J connectivity index is 2.93. The SMILES string of the molecule is CCN(CCC#N)C(c1ccc(C)cc1)C(C)N. The number of rotatable bonds is 6. The standard InChI is InChI=1S/C15H23N3/c1-4-18(11-5-10-16)15(13(3)17)14-8-6-12(2)7-9-14/h6-9,13,15H,4-5,11,17H2,1-3H3. The quantitative estimate of drug-likeness (QED) is 0.838. The van der Waals surface area contributed by atoms with Crippen LogP contribution in [-0.4, -0.2) is 24.0 Å². The first-order chi connectivity index (χ1) is 8.60. The summed E-state index contributed by atoms with van der Waals surface area (Å²) in [6.45, 7) is 7.90. The minimum Gasteiger partial charge on any atom is -0.326 e. The maximum absolute atomic E-state index is 8.73. The van der Waals surface area contributed by atoms with Gasteiger partial charge in [0.2, 0.25) is 0 Å². The van der Waals surface area contributed by atoms with Crippen LogP contribution in [0.2, 0.25) is 0 Å². The van der Waals surface area contributed by atoms with E-state index in [1.165, 1.54) is 11.1 Å². The number of nitrogens with zero attached hydrogens (tertiary/aromatic N) is 2. The first-order valence-electron chi connectivity index (χ1n) is 6.53. The summed E-state index contributed by atoms with van der Waals surface area (Å²) in [7, 11) is 0. The summed E-state index contributed by atoms with van der Waals surface area (Å²) in [5.41, 5.74) is 8.61. The van der Waals surface area contributed by atoms with Gasteiger partial charge in [0.05, 0.1) is 6.07 Å². The van der Waals surface area contributed by atoms with E-state index in [-0.39, 0.29) is 12.1 Å². The third kappa shape index (κ3) is 3.83. The van der Waals surface area contributed by atoms with Gasteiger partial charge in [-0.15, -0.1) is 0 Å². The van der Waals surface area contributed by atoms with Crippen LogP contribution < -0.4 is 5.73 Å². The van der Waals surface area contributed by atoms with Crippen LogP contribution in [0.15, 0.2) is 24.3 Å². The monoisotopic (exact) mass is 245 g/mol. The number of likely N-dealkylation sites (N-methyl/N-ethyl adjacent to an activating group) is 1. The van der Waals surface area contributed by atoms with E-state index in [4.69, 9.17) is 11.0 Å². The molecular formula is C15H23N3. The third-order valence-corrected chi connectivity index (χ3v) is 3.23. The number of nitriles is 1. The minimum atomic E-state index is 0.0475. The molecule has 0 saturated heterocycles. The summed E-state index contributed by atoms with van der Waals surface area (Å²) in [5.74, 6) is 0. The molecule has 1 rings (SSSR count). The van der Waals surface area contributed by atoms with Gasteiger partial charge in [0, 0.05) is 25.0 Å². The van der Waals surface area contributed by atoms with Crippen LogP contribution in [0.5, 0.6) is 0 Å². The van der Waals surface area contributed by atoms with Crippen molar-refractivity contribution in [2.24, 2.45) is 5.73 Å². The van der Waals surface area contributed by atoms with Crippen molar-refractivity contribution in [1.29, 1.82) is 5.26 Å². The van der Waals surface area contributed by atoms with E-state index in [9.17, 15) is 0 Å². The van der Waals surface area contributed by atoms with Gasteiger partial charge in [-0.05, 0) is 26.0 Å². The summed E-state index contributed by atoms with van der Waals surface area (Å²) in [4.78, 5) is 2.28. The summed E-state index contributed by atoms with van der Waals surface area (Å²) < 4.78 is 0. The molecule has 98 valence electrons. The van der Waals surface area contributed by atoms with Crippen molar-refractivity contribution in [1.82, 2.24) is 4.90 Å². The highest BCUT2D eigenvalue weighted by molar-refractivity contribution is 5.25. The lowest BCUT2D eigenvalue weighted by molar-refractivity contribution is 0.189. The summed E-state index contributed by atoms with van der Waals surface area (Å²) >= 11 is 0. The van der Waals surface area contributed by atoms with Crippen LogP contribution >= 0.6 is 0 Å². The summed E-state index contributed by atoms with van der Waals surface area (Å²) in [5, 5.41) is 8.73. The van der Waals surface area contributed by atoms with E-state index < -0.39 is 0 Å². The first-order valence-corrected chi connectivity index (χ1v) is 6.53. The maximum Gasteiger partial charge on any atom is 0.0635 e. The Morgan fingerprint density at radius 3 is 2.39 bits per heavy atom. The lowest BCUT2D eigenvalue weighted by atomic mass is 9.98. The summed E-state index contributed by atoms with van der Waals surface area (Å²) in [6, 6.07) is 10.9. The highest BCUT2D eigenvalue weighted by Crippen LogP contribution is 2.23. The molecule has 1 aromatic carbocycles. The second kappa shape index (κ2) is 7.15. The molecule has 0 heterocycles. The molecule has 0 aliphatic heterocycles. The van der Waals surface area contributed by atoms with Crippen LogP contribution in [0.4, 0.5) is 0 Å². The van der Waals surface area contributed by atoms with Crippen molar-refractivity contribution in [2.45, 2.75) is 39.3 Å². The van der Waals surface area contributed by atoms with Gasteiger partial charge in [0.1, 0.15) is 0 Å². The molecule has 0 saturated carbocycles. The number of nitrogens with two attached hydrogens (primary N) is 1. The van der Waals surface area contributed by atoms with Crippen LogP contribution in [-0.2, 0) is 0 Å². The molecule has 0 amide bonds. The largest absolute Gasteiger partial charge is 0.326 e. The van der Waals surface area contributed by atoms with E-state index in [2.05, 4.69) is 49.1 Å². The van der Waals surface area contributed by atoms with E-state index in [0.717, 1.165) is 13.1 Å². The molecule has 2 N–H and O–H groups in total. The molecule has 18 heavy (non-hydrogen) atoms. The predicted octanol–water partition coefficient (Wildman–Crippen LogP) is 2.62. The van der Waals surface area contributed by atoms with Crippen molar-refractivity contribution in [3.05, 3.63) is 35.4 Å². The zero-order valence-electron chi connectivity index (χ0n) is 11.6. The molecule has 2 unspecified atom stereocenters. The minimum absolute atomic E-state index is 0.0475. The molecule has 0 aliphatic rings. The lowest BCUT2D eigenvalue weighted by Crippen LogP contribution is -2.40. The molecular weight excluding hydrogens is 222 g/mol. The molecule has 0 aliphatic carbocycles. The van der Waals surface area contributed by atoms with Gasteiger partial charge in [-0.3, -0.25) is 4.90 Å². The Morgan fingerprint density at radius 2 is 1.94 bits per heavy atom. The van der Waals surface area contributed by atoms with Crippen LogP contribution in [0.3, 0.4) is 0 Å². The topological polar surface area (TPSA) is 53.0 Å². The Labute approximate surface area is 110 Å². The third-order valence-electron chi connectivity index (χ3n) is 3.23. The predicted molar refractivity (Wildman–Crippen MR) is 75.0 cm³/mol. The number of aryl methyl sites for hydroxylation is 1. The van der Waals surface area contributed by atoms with Gasteiger partial charge >= 0.3 is 0 Å². The molecule has 2 atom stereocenters. The van der Waals surface area contributed by atoms with E-state index in [1.807, 2.05) is 6.92 Å². The molecule has 0 radical (unpaired) electrons. The molecule has 1 aromatic rings. The highest BCUT2D eigenvalue weighted by atomic mass is 15.2. The Bertz CT molecular complexity index is 389. The summed E-state index contributed by atoms with van der Waals surface area (Å²) in [6.07, 6.45) is 0.545. The molecule has 0 spiro atoms. The van der Waals surface area contributed by atoms with Gasteiger partial charge in [0.25, 0.3) is 0 Å². The Kier molecular flexibility index (Phi) is 5.84. The second-order valence-electron chi connectivity index (χ2n) is 4.75. The number of hydrogen-bond acceptors (Lipinski definition) is 3. The van der Waals surface area contributed by atoms with Gasteiger partial charge in [-0.1, -0.05) is 36.8 Å². The molecule has 3 heteroatoms. The van der Waals surface area contributed by atoms with Gasteiger partial charge in [0.15, 0.2) is 0 Å². The van der Waals surface area contributed by atoms with Crippen molar-refractivity contribution in [2.75, 3.05) is 13.1 Å². The number of benzene rings is 1. The molecule has 3 nitrogen and oxygen atoms in total. The second-order valence-corrected chi connectivity index (χ2v) is 4.75. The fourth-order valence-corrected chi connectivity index (χ4v) is 2.30. The zero-order valence-corrected chi connectivity index (χ0v) is 11.6. The van der Waals surface area contributed by atoms with Crippen molar-refractivity contribution >= 4 is 0 Å². The average Bonchev–Trinajstić information content (AvgIpc) is 2.35. The van der Waals surface area contributed by atoms with E-state index in [1.54, 1.807) is 0 Å². The molecule has 0 fully saturated rings. The van der Waals surface area contributed by atoms with E-state index in [0.29, 0.717) is 6.42 Å². The van der Waals surface area contributed by atoms with Crippen molar-refractivity contribution < 1.29 is 0 Å². The average molecular weight is 245 g/mol. The number of hydrogen-bond donors (Lipinski definition) is 1. The van der Waals surface area contributed by atoms with Crippen LogP contribution in [0.1, 0.15) is 37.4 Å². The van der Waals surface area contributed by atoms with Gasteiger partial charge in [-0.2, -0.15) is 5.26 Å². The zero-order chi connectivity index (χ0) is 13.5. The molecule has 0 bridgehead atoms. The lowest BCUT2D eigenvalue weighted by Gasteiger charge is -2.33. The normalized spacial score (nSPS) is 14.2.